The minimum atomic E-state index is -4.81. The lowest BCUT2D eigenvalue weighted by Gasteiger charge is -2.10. The number of nitrogens with zero attached hydrogens (tertiary/aromatic N) is 1. The molecule has 136 valence electrons. The maximum atomic E-state index is 12.8. The van der Waals surface area contributed by atoms with E-state index >= 15 is 0 Å². The molecule has 0 aliphatic carbocycles. The first-order chi connectivity index (χ1) is 12.0. The molecule has 2 rings (SSSR count). The van der Waals surface area contributed by atoms with Crippen LogP contribution in [-0.2, 0) is 11.0 Å². The van der Waals surface area contributed by atoms with E-state index in [1.165, 1.54) is 18.2 Å². The average Bonchev–Trinajstić information content (AvgIpc) is 2.52. The van der Waals surface area contributed by atoms with Gasteiger partial charge in [0.1, 0.15) is 0 Å². The van der Waals surface area contributed by atoms with E-state index in [1.54, 1.807) is 0 Å². The highest BCUT2D eigenvalue weighted by molar-refractivity contribution is 6.36. The Balaban J connectivity index is 2.69. The van der Waals surface area contributed by atoms with E-state index in [4.69, 9.17) is 23.2 Å². The molecule has 10 heteroatoms. The minimum absolute atomic E-state index is 0.0748. The first kappa shape index (κ1) is 19.7. The van der Waals surface area contributed by atoms with Gasteiger partial charge in [0, 0.05) is 16.1 Å². The van der Waals surface area contributed by atoms with Crippen molar-refractivity contribution in [1.82, 2.24) is 0 Å². The molecule has 0 fully saturated rings. The predicted octanol–water partition coefficient (Wildman–Crippen LogP) is 5.55. The van der Waals surface area contributed by atoms with E-state index in [1.807, 2.05) is 0 Å². The lowest BCUT2D eigenvalue weighted by molar-refractivity contribution is -0.385. The van der Waals surface area contributed by atoms with Gasteiger partial charge in [-0.25, -0.2) is 4.79 Å². The number of aliphatic carboxylic acids is 1. The summed E-state index contributed by atoms with van der Waals surface area (Å²) in [6, 6.07) is 5.72. The summed E-state index contributed by atoms with van der Waals surface area (Å²) in [7, 11) is 0. The van der Waals surface area contributed by atoms with E-state index in [0.29, 0.717) is 6.07 Å². The third-order valence-corrected chi connectivity index (χ3v) is 3.87. The number of nitro groups is 1. The molecule has 0 saturated carbocycles. The lowest BCUT2D eigenvalue weighted by atomic mass is 9.99. The number of carboxylic acid groups (broad SMARTS) is 1. The quantitative estimate of drug-likeness (QED) is 0.313. The Morgan fingerprint density at radius 2 is 1.81 bits per heavy atom. The van der Waals surface area contributed by atoms with E-state index in [-0.39, 0.29) is 21.7 Å². The molecule has 0 atom stereocenters. The molecule has 0 aromatic heterocycles. The zero-order chi connectivity index (χ0) is 19.6. The summed E-state index contributed by atoms with van der Waals surface area (Å²) in [4.78, 5) is 21.6. The number of nitro benzene ring substituents is 1. The van der Waals surface area contributed by atoms with E-state index in [2.05, 4.69) is 0 Å². The van der Waals surface area contributed by atoms with Gasteiger partial charge < -0.3 is 5.11 Å². The van der Waals surface area contributed by atoms with Crippen molar-refractivity contribution < 1.29 is 28.0 Å². The molecule has 0 saturated heterocycles. The van der Waals surface area contributed by atoms with Gasteiger partial charge in [-0.1, -0.05) is 29.3 Å². The van der Waals surface area contributed by atoms with Crippen LogP contribution in [0.5, 0.6) is 0 Å². The van der Waals surface area contributed by atoms with Gasteiger partial charge >= 0.3 is 12.1 Å². The Morgan fingerprint density at radius 1 is 1.15 bits per heavy atom. The number of hydrogen-bond donors (Lipinski definition) is 1. The van der Waals surface area contributed by atoms with Crippen molar-refractivity contribution >= 4 is 46.5 Å². The van der Waals surface area contributed by atoms with Crippen molar-refractivity contribution in [3.05, 3.63) is 73.2 Å². The maximum absolute atomic E-state index is 12.8. The van der Waals surface area contributed by atoms with E-state index in [0.717, 1.165) is 12.1 Å². The predicted molar refractivity (Wildman–Crippen MR) is 90.1 cm³/mol. The van der Waals surface area contributed by atoms with Crippen LogP contribution in [0.1, 0.15) is 16.7 Å². The van der Waals surface area contributed by atoms with Gasteiger partial charge in [-0.15, -0.1) is 0 Å². The number of hydrogen-bond acceptors (Lipinski definition) is 3. The minimum Gasteiger partial charge on any atom is -0.478 e. The smallest absolute Gasteiger partial charge is 0.416 e. The molecule has 0 heterocycles. The van der Waals surface area contributed by atoms with Gasteiger partial charge in [-0.05, 0) is 35.9 Å². The third-order valence-electron chi connectivity index (χ3n) is 3.30. The summed E-state index contributed by atoms with van der Waals surface area (Å²) >= 11 is 11.7. The summed E-state index contributed by atoms with van der Waals surface area (Å²) < 4.78 is 38.3. The second kappa shape index (κ2) is 7.35. The third kappa shape index (κ3) is 4.33. The van der Waals surface area contributed by atoms with Crippen molar-refractivity contribution in [3.8, 4) is 0 Å². The molecular weight excluding hydrogens is 398 g/mol. The number of rotatable bonds is 4. The molecule has 2 aromatic rings. The number of carbonyl (C=O) groups is 1. The molecule has 0 aliphatic rings. The Kier molecular flexibility index (Phi) is 5.58. The Morgan fingerprint density at radius 3 is 2.31 bits per heavy atom. The highest BCUT2D eigenvalue weighted by Gasteiger charge is 2.34. The summed E-state index contributed by atoms with van der Waals surface area (Å²) in [5.41, 5.74) is -3.14. The van der Waals surface area contributed by atoms with E-state index in [9.17, 15) is 33.2 Å². The topological polar surface area (TPSA) is 80.4 Å². The van der Waals surface area contributed by atoms with Crippen LogP contribution in [0, 0.1) is 10.1 Å². The molecule has 26 heavy (non-hydrogen) atoms. The van der Waals surface area contributed by atoms with Crippen LogP contribution in [0.2, 0.25) is 10.0 Å². The Bertz CT molecular complexity index is 926. The van der Waals surface area contributed by atoms with Gasteiger partial charge in [0.25, 0.3) is 5.69 Å². The lowest BCUT2D eigenvalue weighted by Crippen LogP contribution is -2.08. The molecule has 0 radical (unpaired) electrons. The monoisotopic (exact) mass is 405 g/mol. The standard InChI is InChI=1S/C16H8Cl2F3NO4/c17-10-3-1-8(13(18)7-10)5-12(15(23)24)11-4-2-9(16(19,20)21)6-14(11)22(25)26/h1-7H,(H,23,24). The molecular formula is C16H8Cl2F3NO4. The molecule has 0 amide bonds. The zero-order valence-corrected chi connectivity index (χ0v) is 14.1. The fraction of sp³-hybridized carbons (Fsp3) is 0.0625. The summed E-state index contributed by atoms with van der Waals surface area (Å²) in [5.74, 6) is -1.57. The van der Waals surface area contributed by atoms with Gasteiger partial charge in [0.2, 0.25) is 0 Å². The Labute approximate surface area is 154 Å². The van der Waals surface area contributed by atoms with Crippen molar-refractivity contribution in [3.63, 3.8) is 0 Å². The molecule has 2 aromatic carbocycles. The second-order valence-electron chi connectivity index (χ2n) is 5.02. The SMILES string of the molecule is O=C(O)C(=Cc1ccc(Cl)cc1Cl)c1ccc(C(F)(F)F)cc1[N+](=O)[O-]. The molecule has 0 aliphatic heterocycles. The number of halogens is 5. The van der Waals surface area contributed by atoms with Gasteiger partial charge in [-0.2, -0.15) is 13.2 Å². The average molecular weight is 406 g/mol. The van der Waals surface area contributed by atoms with Crippen LogP contribution < -0.4 is 0 Å². The number of alkyl halides is 3. The fourth-order valence-corrected chi connectivity index (χ4v) is 2.58. The van der Waals surface area contributed by atoms with Crippen LogP contribution in [0.15, 0.2) is 36.4 Å². The van der Waals surface area contributed by atoms with Crippen LogP contribution in [0.4, 0.5) is 18.9 Å². The van der Waals surface area contributed by atoms with Crippen molar-refractivity contribution in [2.24, 2.45) is 0 Å². The molecule has 0 unspecified atom stereocenters. The normalized spacial score (nSPS) is 12.1. The van der Waals surface area contributed by atoms with Crippen LogP contribution in [-0.4, -0.2) is 16.0 Å². The second-order valence-corrected chi connectivity index (χ2v) is 5.86. The van der Waals surface area contributed by atoms with Gasteiger partial charge in [-0.3, -0.25) is 10.1 Å². The molecule has 1 N–H and O–H groups in total. The number of carboxylic acids is 1. The van der Waals surface area contributed by atoms with Crippen LogP contribution in [0.25, 0.3) is 11.6 Å². The highest BCUT2D eigenvalue weighted by atomic mass is 35.5. The van der Waals surface area contributed by atoms with Crippen molar-refractivity contribution in [2.75, 3.05) is 0 Å². The van der Waals surface area contributed by atoms with Gasteiger partial charge in [0.05, 0.1) is 21.6 Å². The zero-order valence-electron chi connectivity index (χ0n) is 12.6. The summed E-state index contributed by atoms with van der Waals surface area (Å²) in [6.45, 7) is 0. The van der Waals surface area contributed by atoms with Crippen molar-refractivity contribution in [1.29, 1.82) is 0 Å². The highest BCUT2D eigenvalue weighted by Crippen LogP contribution is 2.36. The first-order valence-electron chi connectivity index (χ1n) is 6.76. The molecule has 0 spiro atoms. The number of benzene rings is 2. The maximum Gasteiger partial charge on any atom is 0.416 e. The largest absolute Gasteiger partial charge is 0.478 e. The first-order valence-corrected chi connectivity index (χ1v) is 7.52. The van der Waals surface area contributed by atoms with Crippen LogP contribution >= 0.6 is 23.2 Å². The summed E-state index contributed by atoms with van der Waals surface area (Å²) in [5, 5.41) is 20.9. The van der Waals surface area contributed by atoms with Crippen LogP contribution in [0.3, 0.4) is 0 Å². The van der Waals surface area contributed by atoms with E-state index < -0.39 is 39.5 Å². The summed E-state index contributed by atoms with van der Waals surface area (Å²) in [6.07, 6.45) is -3.79. The fourth-order valence-electron chi connectivity index (χ4n) is 2.12. The Hall–Kier alpha value is -2.58. The van der Waals surface area contributed by atoms with Crippen molar-refractivity contribution in [2.45, 2.75) is 6.18 Å². The molecule has 0 bridgehead atoms. The van der Waals surface area contributed by atoms with Gasteiger partial charge in [0.15, 0.2) is 0 Å². The molecule has 5 nitrogen and oxygen atoms in total.